The molecule has 1 amide bonds. The summed E-state index contributed by atoms with van der Waals surface area (Å²) in [6.07, 6.45) is 10.7. The number of carbonyl (C=O) groups excluding carboxylic acids is 1. The van der Waals surface area contributed by atoms with E-state index in [-0.39, 0.29) is 11.8 Å². The Labute approximate surface area is 185 Å². The van der Waals surface area contributed by atoms with E-state index >= 15 is 0 Å². The summed E-state index contributed by atoms with van der Waals surface area (Å²) in [4.78, 5) is 22.4. The van der Waals surface area contributed by atoms with Gasteiger partial charge in [-0.3, -0.25) is 14.6 Å². The van der Waals surface area contributed by atoms with E-state index in [1.54, 1.807) is 17.3 Å². The van der Waals surface area contributed by atoms with E-state index in [2.05, 4.69) is 44.4 Å². The first kappa shape index (κ1) is 20.7. The van der Waals surface area contributed by atoms with Gasteiger partial charge in [0.2, 0.25) is 5.91 Å². The Hall–Kier alpha value is -2.18. The molecule has 1 aromatic heterocycles. The van der Waals surface area contributed by atoms with Crippen molar-refractivity contribution in [2.24, 2.45) is 13.0 Å². The molecule has 0 spiro atoms. The smallest absolute Gasteiger partial charge is 0.224 e. The summed E-state index contributed by atoms with van der Waals surface area (Å²) in [6, 6.07) is 10.3. The molecular formula is C25H35N5O. The first-order valence-electron chi connectivity index (χ1n) is 12.0. The van der Waals surface area contributed by atoms with Crippen LogP contribution in [-0.2, 0) is 31.2 Å². The zero-order valence-electron chi connectivity index (χ0n) is 18.7. The van der Waals surface area contributed by atoms with Gasteiger partial charge in [0.15, 0.2) is 0 Å². The number of nitrogens with zero attached hydrogens (tertiary/aromatic N) is 4. The Morgan fingerprint density at radius 2 is 1.77 bits per heavy atom. The molecule has 3 aliphatic rings. The lowest BCUT2D eigenvalue weighted by Gasteiger charge is -2.43. The Kier molecular flexibility index (Phi) is 6.10. The molecule has 2 saturated heterocycles. The van der Waals surface area contributed by atoms with Crippen LogP contribution in [0.4, 0.5) is 0 Å². The van der Waals surface area contributed by atoms with E-state index in [0.29, 0.717) is 18.6 Å². The predicted octanol–water partition coefficient (Wildman–Crippen LogP) is 2.38. The highest BCUT2D eigenvalue weighted by molar-refractivity contribution is 5.78. The van der Waals surface area contributed by atoms with Crippen LogP contribution in [0.5, 0.6) is 0 Å². The van der Waals surface area contributed by atoms with E-state index in [1.165, 1.54) is 38.8 Å². The van der Waals surface area contributed by atoms with Crippen molar-refractivity contribution in [1.29, 1.82) is 0 Å². The minimum Gasteiger partial charge on any atom is -0.349 e. The molecule has 0 unspecified atom stereocenters. The van der Waals surface area contributed by atoms with Gasteiger partial charge in [0.05, 0.1) is 12.5 Å². The van der Waals surface area contributed by atoms with Gasteiger partial charge in [-0.25, -0.2) is 4.98 Å². The third kappa shape index (κ3) is 4.55. The molecule has 31 heavy (non-hydrogen) atoms. The Balaban J connectivity index is 1.10. The monoisotopic (exact) mass is 421 g/mol. The number of nitrogens with one attached hydrogen (secondary N) is 1. The van der Waals surface area contributed by atoms with E-state index in [0.717, 1.165) is 31.8 Å². The highest BCUT2D eigenvalue weighted by Gasteiger charge is 2.34. The number of aryl methyl sites for hydroxylation is 1. The summed E-state index contributed by atoms with van der Waals surface area (Å²) in [5, 5.41) is 3.11. The average Bonchev–Trinajstić information content (AvgIpc) is 3.43. The quantitative estimate of drug-likeness (QED) is 0.806. The second-order valence-electron chi connectivity index (χ2n) is 9.60. The number of benzene rings is 1. The molecular weight excluding hydrogens is 386 g/mol. The molecule has 1 aliphatic carbocycles. The molecule has 166 valence electrons. The summed E-state index contributed by atoms with van der Waals surface area (Å²) in [6.45, 7) is 4.95. The van der Waals surface area contributed by atoms with Crippen LogP contribution in [0.25, 0.3) is 0 Å². The number of imidazole rings is 1. The summed E-state index contributed by atoms with van der Waals surface area (Å²) in [7, 11) is 1.97. The van der Waals surface area contributed by atoms with Crippen LogP contribution >= 0.6 is 0 Å². The van der Waals surface area contributed by atoms with Gasteiger partial charge in [0.25, 0.3) is 0 Å². The topological polar surface area (TPSA) is 53.4 Å². The Bertz CT molecular complexity index is 876. The van der Waals surface area contributed by atoms with Crippen molar-refractivity contribution in [3.8, 4) is 0 Å². The van der Waals surface area contributed by atoms with Crippen molar-refractivity contribution in [3.05, 3.63) is 53.6 Å². The van der Waals surface area contributed by atoms with Crippen molar-refractivity contribution >= 4 is 5.91 Å². The fraction of sp³-hybridized carbons (Fsp3) is 0.600. The maximum absolute atomic E-state index is 12.8. The van der Waals surface area contributed by atoms with Crippen LogP contribution in [0.15, 0.2) is 36.7 Å². The zero-order chi connectivity index (χ0) is 21.2. The highest BCUT2D eigenvalue weighted by atomic mass is 16.1. The summed E-state index contributed by atoms with van der Waals surface area (Å²) in [5.74, 6) is 1.20. The molecule has 2 aromatic rings. The van der Waals surface area contributed by atoms with Gasteiger partial charge in [0, 0.05) is 38.1 Å². The first-order chi connectivity index (χ1) is 15.2. The number of hydrogen-bond donors (Lipinski definition) is 1. The van der Waals surface area contributed by atoms with Gasteiger partial charge >= 0.3 is 0 Å². The van der Waals surface area contributed by atoms with Gasteiger partial charge in [-0.1, -0.05) is 24.3 Å². The van der Waals surface area contributed by atoms with Gasteiger partial charge in [-0.05, 0) is 69.3 Å². The molecule has 5 rings (SSSR count). The number of amides is 1. The standard InChI is InChI=1S/C25H35N5O/c1-28-14-10-26-24(28)17-27-25(31)21-7-4-11-30(18-21)22-8-12-29(13-9-22)23-15-19-5-2-3-6-20(19)16-23/h2-3,5-6,10,14,21-23H,4,7-9,11-13,15-18H2,1H3,(H,27,31)/t21-/m1/s1. The zero-order valence-corrected chi connectivity index (χ0v) is 18.7. The number of fused-ring (bicyclic) bond motifs is 1. The summed E-state index contributed by atoms with van der Waals surface area (Å²) < 4.78 is 1.96. The van der Waals surface area contributed by atoms with Crippen LogP contribution in [0.3, 0.4) is 0 Å². The highest BCUT2D eigenvalue weighted by Crippen LogP contribution is 2.29. The third-order valence-corrected chi connectivity index (χ3v) is 7.73. The normalized spacial score (nSPS) is 23.7. The van der Waals surface area contributed by atoms with Crippen LogP contribution in [0, 0.1) is 5.92 Å². The van der Waals surface area contributed by atoms with Gasteiger partial charge in [-0.2, -0.15) is 0 Å². The number of carbonyl (C=O) groups is 1. The third-order valence-electron chi connectivity index (χ3n) is 7.73. The van der Waals surface area contributed by atoms with Crippen molar-refractivity contribution < 1.29 is 4.79 Å². The van der Waals surface area contributed by atoms with Gasteiger partial charge in [0.1, 0.15) is 5.82 Å². The molecule has 1 aromatic carbocycles. The van der Waals surface area contributed by atoms with E-state index in [4.69, 9.17) is 0 Å². The predicted molar refractivity (Wildman–Crippen MR) is 122 cm³/mol. The lowest BCUT2D eigenvalue weighted by molar-refractivity contribution is -0.127. The van der Waals surface area contributed by atoms with Crippen LogP contribution < -0.4 is 5.32 Å². The molecule has 0 bridgehead atoms. The lowest BCUT2D eigenvalue weighted by Crippen LogP contribution is -2.52. The largest absolute Gasteiger partial charge is 0.349 e. The molecule has 2 aliphatic heterocycles. The summed E-state index contributed by atoms with van der Waals surface area (Å²) >= 11 is 0. The maximum atomic E-state index is 12.8. The maximum Gasteiger partial charge on any atom is 0.224 e. The minimum absolute atomic E-state index is 0.108. The number of piperidine rings is 2. The van der Waals surface area contributed by atoms with E-state index in [1.807, 2.05) is 17.8 Å². The van der Waals surface area contributed by atoms with Crippen molar-refractivity contribution in [3.63, 3.8) is 0 Å². The van der Waals surface area contributed by atoms with E-state index < -0.39 is 0 Å². The summed E-state index contributed by atoms with van der Waals surface area (Å²) in [5.41, 5.74) is 3.09. The number of likely N-dealkylation sites (tertiary alicyclic amines) is 2. The van der Waals surface area contributed by atoms with Crippen LogP contribution in [-0.4, -0.2) is 63.5 Å². The molecule has 0 radical (unpaired) electrons. The number of aromatic nitrogens is 2. The second-order valence-corrected chi connectivity index (χ2v) is 9.60. The molecule has 6 heteroatoms. The van der Waals surface area contributed by atoms with Crippen LogP contribution in [0.1, 0.15) is 42.6 Å². The van der Waals surface area contributed by atoms with E-state index in [9.17, 15) is 4.79 Å². The molecule has 3 heterocycles. The Morgan fingerprint density at radius 1 is 1.03 bits per heavy atom. The fourth-order valence-corrected chi connectivity index (χ4v) is 5.84. The SMILES string of the molecule is Cn1ccnc1CNC(=O)[C@@H]1CCCN(C2CCN(C3Cc4ccccc4C3)CC2)C1. The lowest BCUT2D eigenvalue weighted by atomic mass is 9.92. The second kappa shape index (κ2) is 9.13. The number of hydrogen-bond acceptors (Lipinski definition) is 4. The molecule has 1 N–H and O–H groups in total. The Morgan fingerprint density at radius 3 is 2.45 bits per heavy atom. The van der Waals surface area contributed by atoms with Crippen molar-refractivity contribution in [2.45, 2.75) is 57.2 Å². The first-order valence-corrected chi connectivity index (χ1v) is 12.0. The molecule has 2 fully saturated rings. The molecule has 0 saturated carbocycles. The molecule has 1 atom stereocenters. The minimum atomic E-state index is 0.108. The van der Waals surface area contributed by atoms with Crippen LogP contribution in [0.2, 0.25) is 0 Å². The fourth-order valence-electron chi connectivity index (χ4n) is 5.84. The average molecular weight is 422 g/mol. The molecule has 6 nitrogen and oxygen atoms in total. The van der Waals surface area contributed by atoms with Crippen molar-refractivity contribution in [1.82, 2.24) is 24.7 Å². The van der Waals surface area contributed by atoms with Crippen molar-refractivity contribution in [2.75, 3.05) is 26.2 Å². The van der Waals surface area contributed by atoms with Gasteiger partial charge in [-0.15, -0.1) is 0 Å². The van der Waals surface area contributed by atoms with Gasteiger partial charge < -0.3 is 9.88 Å². The number of rotatable bonds is 5.